The number of carbonyl (C=O) groups excluding carboxylic acids is 1. The van der Waals surface area contributed by atoms with E-state index < -0.39 is 0 Å². The third-order valence-electron chi connectivity index (χ3n) is 3.92. The van der Waals surface area contributed by atoms with E-state index in [0.717, 1.165) is 30.9 Å². The molecule has 5 nitrogen and oxygen atoms in total. The Kier molecular flexibility index (Phi) is 11.6. The van der Waals surface area contributed by atoms with Crippen molar-refractivity contribution >= 4 is 36.5 Å². The fraction of sp³-hybridized carbons (Fsp3) is 0.368. The van der Waals surface area contributed by atoms with Gasteiger partial charge in [0.25, 0.3) is 5.91 Å². The minimum Gasteiger partial charge on any atom is -0.357 e. The molecule has 0 fully saturated rings. The van der Waals surface area contributed by atoms with E-state index in [1.165, 1.54) is 0 Å². The van der Waals surface area contributed by atoms with Crippen LogP contribution in [-0.2, 0) is 0 Å². The Morgan fingerprint density at radius 3 is 2.38 bits per heavy atom. The largest absolute Gasteiger partial charge is 0.357 e. The van der Waals surface area contributed by atoms with Gasteiger partial charge in [-0.1, -0.05) is 37.3 Å². The zero-order valence-corrected chi connectivity index (χ0v) is 16.9. The van der Waals surface area contributed by atoms with Gasteiger partial charge in [0.05, 0.1) is 5.56 Å². The van der Waals surface area contributed by atoms with Gasteiger partial charge >= 0.3 is 0 Å². The molecule has 1 atom stereocenters. The highest BCUT2D eigenvalue weighted by Crippen LogP contribution is 2.12. The topological polar surface area (TPSA) is 71.2 Å². The van der Waals surface area contributed by atoms with Crippen LogP contribution in [0.4, 0.5) is 5.82 Å². The molecule has 0 aliphatic carbocycles. The predicted octanol–water partition coefficient (Wildman–Crippen LogP) is 3.59. The lowest BCUT2D eigenvalue weighted by Gasteiger charge is -2.21. The van der Waals surface area contributed by atoms with Crippen LogP contribution in [0.1, 0.15) is 42.2 Å². The SMILES string of the molecule is CCCN(CC)c1ccc(C(=O)NCC(N)c2ccccc2)cn1.Cl.Cl. The number of halogens is 2. The number of carbonyl (C=O) groups is 1. The van der Waals surface area contributed by atoms with Crippen LogP contribution in [0, 0.1) is 0 Å². The molecule has 0 radical (unpaired) electrons. The highest BCUT2D eigenvalue weighted by molar-refractivity contribution is 5.94. The maximum absolute atomic E-state index is 12.2. The molecule has 26 heavy (non-hydrogen) atoms. The first-order chi connectivity index (χ1) is 11.7. The van der Waals surface area contributed by atoms with Gasteiger partial charge in [0, 0.05) is 31.9 Å². The van der Waals surface area contributed by atoms with Crippen LogP contribution < -0.4 is 16.0 Å². The molecule has 1 aromatic carbocycles. The van der Waals surface area contributed by atoms with Crippen molar-refractivity contribution in [1.82, 2.24) is 10.3 Å². The molecule has 0 saturated carbocycles. The van der Waals surface area contributed by atoms with Crippen LogP contribution in [0.15, 0.2) is 48.7 Å². The number of amides is 1. The molecular formula is C19H28Cl2N4O. The summed E-state index contributed by atoms with van der Waals surface area (Å²) in [5, 5.41) is 2.87. The number of aromatic nitrogens is 1. The Labute approximate surface area is 168 Å². The summed E-state index contributed by atoms with van der Waals surface area (Å²) in [5.74, 6) is 0.746. The standard InChI is InChI=1S/C19H26N4O.2ClH/c1-3-12-23(4-2)18-11-10-16(13-21-18)19(24)22-14-17(20)15-8-6-5-7-9-15;;/h5-11,13,17H,3-4,12,14,20H2,1-2H3,(H,22,24);2*1H. The summed E-state index contributed by atoms with van der Waals surface area (Å²) in [6.07, 6.45) is 2.69. The highest BCUT2D eigenvalue weighted by Gasteiger charge is 2.11. The third kappa shape index (κ3) is 6.83. The van der Waals surface area contributed by atoms with Gasteiger partial charge in [-0.05, 0) is 31.0 Å². The van der Waals surface area contributed by atoms with E-state index in [9.17, 15) is 4.79 Å². The molecule has 1 unspecified atom stereocenters. The molecule has 0 saturated heterocycles. The van der Waals surface area contributed by atoms with Gasteiger partial charge in [-0.2, -0.15) is 0 Å². The number of rotatable bonds is 8. The van der Waals surface area contributed by atoms with E-state index in [2.05, 4.69) is 29.0 Å². The van der Waals surface area contributed by atoms with Crippen molar-refractivity contribution in [2.24, 2.45) is 5.73 Å². The molecule has 1 aromatic heterocycles. The molecule has 0 aliphatic heterocycles. The molecule has 1 heterocycles. The number of nitrogens with one attached hydrogen (secondary N) is 1. The number of pyridine rings is 1. The van der Waals surface area contributed by atoms with Crippen molar-refractivity contribution < 1.29 is 4.79 Å². The molecular weight excluding hydrogens is 371 g/mol. The number of hydrogen-bond donors (Lipinski definition) is 2. The van der Waals surface area contributed by atoms with E-state index in [0.29, 0.717) is 12.1 Å². The van der Waals surface area contributed by atoms with Crippen molar-refractivity contribution in [3.8, 4) is 0 Å². The van der Waals surface area contributed by atoms with E-state index in [1.54, 1.807) is 6.20 Å². The monoisotopic (exact) mass is 398 g/mol. The normalized spacial score (nSPS) is 10.9. The highest BCUT2D eigenvalue weighted by atomic mass is 35.5. The van der Waals surface area contributed by atoms with Gasteiger partial charge < -0.3 is 16.0 Å². The lowest BCUT2D eigenvalue weighted by Crippen LogP contribution is -2.32. The molecule has 144 valence electrons. The van der Waals surface area contributed by atoms with Crippen LogP contribution >= 0.6 is 24.8 Å². The van der Waals surface area contributed by atoms with Gasteiger partial charge in [-0.25, -0.2) is 4.98 Å². The molecule has 1 amide bonds. The Balaban J connectivity index is 0.00000312. The number of anilines is 1. The zero-order valence-electron chi connectivity index (χ0n) is 15.2. The summed E-state index contributed by atoms with van der Waals surface area (Å²) in [4.78, 5) is 18.8. The maximum atomic E-state index is 12.2. The van der Waals surface area contributed by atoms with Crippen LogP contribution in [0.2, 0.25) is 0 Å². The summed E-state index contributed by atoms with van der Waals surface area (Å²) in [5.41, 5.74) is 7.65. The van der Waals surface area contributed by atoms with Gasteiger partial charge in [0.2, 0.25) is 0 Å². The smallest absolute Gasteiger partial charge is 0.252 e. The second-order valence-electron chi connectivity index (χ2n) is 5.71. The van der Waals surface area contributed by atoms with E-state index >= 15 is 0 Å². The molecule has 2 rings (SSSR count). The zero-order chi connectivity index (χ0) is 17.4. The molecule has 3 N–H and O–H groups in total. The maximum Gasteiger partial charge on any atom is 0.252 e. The first-order valence-electron chi connectivity index (χ1n) is 8.45. The second kappa shape index (κ2) is 12.5. The van der Waals surface area contributed by atoms with Crippen LogP contribution in [0.25, 0.3) is 0 Å². The predicted molar refractivity (Wildman–Crippen MR) is 113 cm³/mol. The van der Waals surface area contributed by atoms with E-state index in [-0.39, 0.29) is 36.8 Å². The summed E-state index contributed by atoms with van der Waals surface area (Å²) >= 11 is 0. The Hall–Kier alpha value is -1.82. The van der Waals surface area contributed by atoms with Gasteiger partial charge in [0.15, 0.2) is 0 Å². The quantitative estimate of drug-likeness (QED) is 0.712. The van der Waals surface area contributed by atoms with E-state index in [1.807, 2.05) is 42.5 Å². The summed E-state index contributed by atoms with van der Waals surface area (Å²) < 4.78 is 0. The molecule has 0 aliphatic rings. The Bertz CT molecular complexity index is 638. The molecule has 7 heteroatoms. The summed E-state index contributed by atoms with van der Waals surface area (Å²) in [6, 6.07) is 13.2. The Morgan fingerprint density at radius 2 is 1.85 bits per heavy atom. The first kappa shape index (κ1) is 24.2. The summed E-state index contributed by atoms with van der Waals surface area (Å²) in [7, 11) is 0. The average molecular weight is 399 g/mol. The van der Waals surface area contributed by atoms with Crippen molar-refractivity contribution in [2.75, 3.05) is 24.5 Å². The first-order valence-corrected chi connectivity index (χ1v) is 8.45. The van der Waals surface area contributed by atoms with Gasteiger partial charge in [0.1, 0.15) is 5.82 Å². The van der Waals surface area contributed by atoms with Gasteiger partial charge in [-0.15, -0.1) is 24.8 Å². The molecule has 2 aromatic rings. The van der Waals surface area contributed by atoms with Crippen LogP contribution in [0.5, 0.6) is 0 Å². The minimum absolute atomic E-state index is 0. The number of nitrogens with zero attached hydrogens (tertiary/aromatic N) is 2. The van der Waals surface area contributed by atoms with E-state index in [4.69, 9.17) is 5.73 Å². The van der Waals surface area contributed by atoms with Crippen molar-refractivity contribution in [1.29, 1.82) is 0 Å². The fourth-order valence-corrected chi connectivity index (χ4v) is 2.53. The van der Waals surface area contributed by atoms with Crippen molar-refractivity contribution in [3.63, 3.8) is 0 Å². The van der Waals surface area contributed by atoms with Gasteiger partial charge in [-0.3, -0.25) is 4.79 Å². The van der Waals surface area contributed by atoms with Crippen LogP contribution in [-0.4, -0.2) is 30.5 Å². The lowest BCUT2D eigenvalue weighted by atomic mass is 10.1. The number of hydrogen-bond acceptors (Lipinski definition) is 4. The average Bonchev–Trinajstić information content (AvgIpc) is 2.64. The van der Waals surface area contributed by atoms with Crippen molar-refractivity contribution in [3.05, 3.63) is 59.8 Å². The molecule has 0 bridgehead atoms. The minimum atomic E-state index is -0.220. The Morgan fingerprint density at radius 1 is 1.15 bits per heavy atom. The fourth-order valence-electron chi connectivity index (χ4n) is 2.53. The number of nitrogens with two attached hydrogens (primary N) is 1. The third-order valence-corrected chi connectivity index (χ3v) is 3.92. The van der Waals surface area contributed by atoms with Crippen molar-refractivity contribution in [2.45, 2.75) is 26.3 Å². The summed E-state index contributed by atoms with van der Waals surface area (Å²) in [6.45, 7) is 6.49. The second-order valence-corrected chi connectivity index (χ2v) is 5.71. The lowest BCUT2D eigenvalue weighted by molar-refractivity contribution is 0.0951. The molecule has 0 spiro atoms. The van der Waals surface area contributed by atoms with Crippen LogP contribution in [0.3, 0.4) is 0 Å². The number of benzene rings is 1.